The lowest BCUT2D eigenvalue weighted by Gasteiger charge is -2.30. The van der Waals surface area contributed by atoms with Crippen LogP contribution in [0.4, 0.5) is 4.39 Å². The van der Waals surface area contributed by atoms with Crippen LogP contribution in [0.1, 0.15) is 23.7 Å². The molecule has 0 bridgehead atoms. The fourth-order valence-electron chi connectivity index (χ4n) is 2.17. The van der Waals surface area contributed by atoms with Crippen LogP contribution in [0.5, 0.6) is 0 Å². The van der Waals surface area contributed by atoms with Crippen molar-refractivity contribution in [3.05, 3.63) is 34.1 Å². The third kappa shape index (κ3) is 4.44. The molecule has 1 amide bonds. The van der Waals surface area contributed by atoms with Crippen LogP contribution in [-0.4, -0.2) is 25.0 Å². The normalized spacial score (nSPS) is 22.5. The van der Waals surface area contributed by atoms with E-state index in [1.54, 1.807) is 6.07 Å². The Morgan fingerprint density at radius 3 is 2.84 bits per heavy atom. The molecule has 0 spiro atoms. The summed E-state index contributed by atoms with van der Waals surface area (Å²) in [6, 6.07) is 4.38. The summed E-state index contributed by atoms with van der Waals surface area (Å²) < 4.78 is 13.8. The van der Waals surface area contributed by atoms with Gasteiger partial charge >= 0.3 is 0 Å². The number of rotatable bonds is 2. The molecule has 1 saturated heterocycles. The van der Waals surface area contributed by atoms with E-state index < -0.39 is 5.82 Å². The summed E-state index contributed by atoms with van der Waals surface area (Å²) in [5.41, 5.74) is 0.354. The van der Waals surface area contributed by atoms with Gasteiger partial charge in [0.2, 0.25) is 0 Å². The Morgan fingerprint density at radius 1 is 1.47 bits per heavy atom. The fraction of sp³-hybridized carbons (Fsp3) is 0.462. The molecule has 0 aromatic heterocycles. The van der Waals surface area contributed by atoms with Gasteiger partial charge in [-0.05, 0) is 43.6 Å². The third-order valence-electron chi connectivity index (χ3n) is 3.23. The monoisotopic (exact) mass is 350 g/mol. The van der Waals surface area contributed by atoms with E-state index in [0.29, 0.717) is 16.0 Å². The van der Waals surface area contributed by atoms with E-state index in [2.05, 4.69) is 33.5 Å². The van der Waals surface area contributed by atoms with Gasteiger partial charge in [-0.25, -0.2) is 4.39 Å². The van der Waals surface area contributed by atoms with Crippen LogP contribution in [0, 0.1) is 11.7 Å². The number of halogens is 3. The second kappa shape index (κ2) is 7.22. The first-order valence-corrected chi connectivity index (χ1v) is 6.83. The highest BCUT2D eigenvalue weighted by Crippen LogP contribution is 2.16. The number of carbonyl (C=O) groups excluding carboxylic acids is 1. The lowest BCUT2D eigenvalue weighted by molar-refractivity contribution is 0.0913. The molecule has 1 heterocycles. The maximum Gasteiger partial charge on any atom is 0.251 e. The zero-order valence-corrected chi connectivity index (χ0v) is 13.0. The molecule has 0 saturated carbocycles. The maximum atomic E-state index is 13.2. The van der Waals surface area contributed by atoms with Gasteiger partial charge in [-0.1, -0.05) is 22.9 Å². The fourth-order valence-corrected chi connectivity index (χ4v) is 2.63. The zero-order chi connectivity index (χ0) is 13.1. The predicted octanol–water partition coefficient (Wildman–Crippen LogP) is 2.74. The quantitative estimate of drug-likeness (QED) is 0.860. The lowest BCUT2D eigenvalue weighted by Crippen LogP contribution is -2.48. The standard InChI is InChI=1S/C13H16BrFN2O.ClH/c1-8-7-16-3-2-12(8)17-13(18)9-4-10(14)6-11(15)5-9;/h4-6,8,12,16H,2-3,7H2,1H3,(H,17,18);1H. The highest BCUT2D eigenvalue weighted by molar-refractivity contribution is 9.10. The van der Waals surface area contributed by atoms with Crippen molar-refractivity contribution in [2.75, 3.05) is 13.1 Å². The van der Waals surface area contributed by atoms with Gasteiger partial charge in [-0.2, -0.15) is 0 Å². The molecule has 1 aromatic rings. The van der Waals surface area contributed by atoms with Crippen LogP contribution in [0.3, 0.4) is 0 Å². The van der Waals surface area contributed by atoms with Crippen LogP contribution >= 0.6 is 28.3 Å². The van der Waals surface area contributed by atoms with Gasteiger partial charge in [0.15, 0.2) is 0 Å². The van der Waals surface area contributed by atoms with Crippen molar-refractivity contribution in [1.29, 1.82) is 0 Å². The topological polar surface area (TPSA) is 41.1 Å². The van der Waals surface area contributed by atoms with E-state index >= 15 is 0 Å². The molecule has 1 fully saturated rings. The molecule has 2 unspecified atom stereocenters. The molecule has 3 nitrogen and oxygen atoms in total. The second-order valence-corrected chi connectivity index (χ2v) is 5.62. The van der Waals surface area contributed by atoms with E-state index in [-0.39, 0.29) is 24.4 Å². The number of carbonyl (C=O) groups is 1. The Bertz CT molecular complexity index is 438. The zero-order valence-electron chi connectivity index (χ0n) is 10.6. The number of nitrogens with one attached hydrogen (secondary N) is 2. The Kier molecular flexibility index (Phi) is 6.23. The molecule has 2 atom stereocenters. The summed E-state index contributed by atoms with van der Waals surface area (Å²) in [5, 5.41) is 6.25. The summed E-state index contributed by atoms with van der Waals surface area (Å²) in [6.07, 6.45) is 0.906. The molecule has 2 rings (SSSR count). The second-order valence-electron chi connectivity index (χ2n) is 4.71. The van der Waals surface area contributed by atoms with Crippen molar-refractivity contribution >= 4 is 34.2 Å². The molecule has 0 radical (unpaired) electrons. The third-order valence-corrected chi connectivity index (χ3v) is 3.68. The van der Waals surface area contributed by atoms with Gasteiger partial charge in [0, 0.05) is 16.1 Å². The van der Waals surface area contributed by atoms with E-state index in [9.17, 15) is 9.18 Å². The maximum absolute atomic E-state index is 13.2. The van der Waals surface area contributed by atoms with E-state index in [1.807, 2.05) is 0 Å². The Balaban J connectivity index is 0.00000180. The van der Waals surface area contributed by atoms with Gasteiger partial charge in [0.1, 0.15) is 5.82 Å². The molecular formula is C13H17BrClFN2O. The number of benzene rings is 1. The minimum atomic E-state index is -0.409. The summed E-state index contributed by atoms with van der Waals surface area (Å²) in [6.45, 7) is 3.90. The van der Waals surface area contributed by atoms with E-state index in [4.69, 9.17) is 0 Å². The smallest absolute Gasteiger partial charge is 0.251 e. The molecule has 19 heavy (non-hydrogen) atoms. The Hall–Kier alpha value is -0.650. The Labute approximate surface area is 126 Å². The lowest BCUT2D eigenvalue weighted by atomic mass is 9.95. The summed E-state index contributed by atoms with van der Waals surface area (Å²) >= 11 is 3.19. The first-order chi connectivity index (χ1) is 8.56. The number of hydrogen-bond donors (Lipinski definition) is 2. The predicted molar refractivity (Wildman–Crippen MR) is 79.3 cm³/mol. The van der Waals surface area contributed by atoms with Crippen molar-refractivity contribution in [2.45, 2.75) is 19.4 Å². The number of hydrogen-bond acceptors (Lipinski definition) is 2. The highest BCUT2D eigenvalue weighted by Gasteiger charge is 2.23. The van der Waals surface area contributed by atoms with Crippen molar-refractivity contribution < 1.29 is 9.18 Å². The molecule has 2 N–H and O–H groups in total. The first kappa shape index (κ1) is 16.4. The van der Waals surface area contributed by atoms with Crippen LogP contribution in [0.25, 0.3) is 0 Å². The highest BCUT2D eigenvalue weighted by atomic mass is 79.9. The molecule has 0 aliphatic carbocycles. The summed E-state index contributed by atoms with van der Waals surface area (Å²) in [4.78, 5) is 12.0. The van der Waals surface area contributed by atoms with Gasteiger partial charge in [-0.3, -0.25) is 4.79 Å². The van der Waals surface area contributed by atoms with Crippen LogP contribution in [-0.2, 0) is 0 Å². The van der Waals surface area contributed by atoms with E-state index in [0.717, 1.165) is 19.5 Å². The largest absolute Gasteiger partial charge is 0.349 e. The number of amides is 1. The average Bonchev–Trinajstić information content (AvgIpc) is 2.31. The van der Waals surface area contributed by atoms with Crippen molar-refractivity contribution in [2.24, 2.45) is 5.92 Å². The van der Waals surface area contributed by atoms with Crippen molar-refractivity contribution in [3.63, 3.8) is 0 Å². The Morgan fingerprint density at radius 2 is 2.21 bits per heavy atom. The molecule has 106 valence electrons. The van der Waals surface area contributed by atoms with Gasteiger partial charge in [0.25, 0.3) is 5.91 Å². The van der Waals surface area contributed by atoms with Gasteiger partial charge in [0.05, 0.1) is 0 Å². The molecule has 1 aromatic carbocycles. The molecule has 6 heteroatoms. The average molecular weight is 352 g/mol. The SMILES string of the molecule is CC1CNCCC1NC(=O)c1cc(F)cc(Br)c1.Cl. The minimum Gasteiger partial charge on any atom is -0.349 e. The minimum absolute atomic E-state index is 0. The first-order valence-electron chi connectivity index (χ1n) is 6.04. The van der Waals surface area contributed by atoms with Crippen LogP contribution in [0.2, 0.25) is 0 Å². The summed E-state index contributed by atoms with van der Waals surface area (Å²) in [7, 11) is 0. The molecule has 1 aliphatic heterocycles. The number of piperidine rings is 1. The van der Waals surface area contributed by atoms with Crippen molar-refractivity contribution in [3.8, 4) is 0 Å². The van der Waals surface area contributed by atoms with Crippen molar-refractivity contribution in [1.82, 2.24) is 10.6 Å². The van der Waals surface area contributed by atoms with Gasteiger partial charge < -0.3 is 10.6 Å². The van der Waals surface area contributed by atoms with Crippen LogP contribution < -0.4 is 10.6 Å². The molecule has 1 aliphatic rings. The van der Waals surface area contributed by atoms with Crippen LogP contribution in [0.15, 0.2) is 22.7 Å². The summed E-state index contributed by atoms with van der Waals surface area (Å²) in [5.74, 6) is -0.235. The van der Waals surface area contributed by atoms with E-state index in [1.165, 1.54) is 12.1 Å². The molecular weight excluding hydrogens is 335 g/mol. The van der Waals surface area contributed by atoms with Gasteiger partial charge in [-0.15, -0.1) is 12.4 Å².